The SMILES string of the molecule is C[C@@H](O)[C@H]1C(=O)N2C(C(=O)OCOC(=O)C3CCCCC3)=C(SC3CN(C4=NCCS4)C3)[C@H](C)[C@H]12. The minimum Gasteiger partial charge on any atom is -0.428 e. The summed E-state index contributed by atoms with van der Waals surface area (Å²) in [6, 6.07) is -0.261. The number of aliphatic imine (C=N–C) groups is 1. The van der Waals surface area contributed by atoms with Crippen LogP contribution in [0.25, 0.3) is 0 Å². The lowest BCUT2D eigenvalue weighted by Crippen LogP contribution is -2.63. The van der Waals surface area contributed by atoms with E-state index in [1.807, 2.05) is 6.92 Å². The number of amidine groups is 1. The highest BCUT2D eigenvalue weighted by atomic mass is 32.2. The van der Waals surface area contributed by atoms with Crippen molar-refractivity contribution >= 4 is 46.5 Å². The van der Waals surface area contributed by atoms with Gasteiger partial charge in [0, 0.05) is 34.9 Å². The summed E-state index contributed by atoms with van der Waals surface area (Å²) >= 11 is 3.39. The Morgan fingerprint density at radius 1 is 1.23 bits per heavy atom. The van der Waals surface area contributed by atoms with Crippen LogP contribution in [0.4, 0.5) is 0 Å². The molecule has 35 heavy (non-hydrogen) atoms. The van der Waals surface area contributed by atoms with E-state index in [1.165, 1.54) is 4.90 Å². The van der Waals surface area contributed by atoms with E-state index in [-0.39, 0.29) is 40.7 Å². The quantitative estimate of drug-likeness (QED) is 0.305. The number of amides is 1. The van der Waals surface area contributed by atoms with Gasteiger partial charge in [0.15, 0.2) is 5.17 Å². The third-order valence-electron chi connectivity index (χ3n) is 7.61. The summed E-state index contributed by atoms with van der Waals surface area (Å²) in [5.74, 6) is -0.957. The first-order valence-corrected chi connectivity index (χ1v) is 14.4. The van der Waals surface area contributed by atoms with Crippen molar-refractivity contribution in [3.8, 4) is 0 Å². The zero-order valence-electron chi connectivity index (χ0n) is 20.2. The van der Waals surface area contributed by atoms with E-state index in [0.29, 0.717) is 0 Å². The Labute approximate surface area is 214 Å². The first-order chi connectivity index (χ1) is 16.9. The fraction of sp³-hybridized carbons (Fsp3) is 0.750. The number of β-lactam (4-membered cyclic amide) rings is 1. The summed E-state index contributed by atoms with van der Waals surface area (Å²) < 4.78 is 10.6. The van der Waals surface area contributed by atoms with Gasteiger partial charge in [0.1, 0.15) is 5.70 Å². The van der Waals surface area contributed by atoms with E-state index >= 15 is 0 Å². The van der Waals surface area contributed by atoms with Crippen molar-refractivity contribution in [3.63, 3.8) is 0 Å². The number of ether oxygens (including phenoxy) is 2. The van der Waals surface area contributed by atoms with Crippen molar-refractivity contribution in [2.75, 3.05) is 32.2 Å². The summed E-state index contributed by atoms with van der Waals surface area (Å²) in [6.45, 7) is 5.70. The van der Waals surface area contributed by atoms with Crippen LogP contribution >= 0.6 is 23.5 Å². The second kappa shape index (κ2) is 10.3. The van der Waals surface area contributed by atoms with Gasteiger partial charge in [-0.05, 0) is 19.8 Å². The summed E-state index contributed by atoms with van der Waals surface area (Å²) in [5, 5.41) is 11.5. The third kappa shape index (κ3) is 4.71. The molecule has 1 aliphatic carbocycles. The zero-order chi connectivity index (χ0) is 24.7. The van der Waals surface area contributed by atoms with Gasteiger partial charge in [0.2, 0.25) is 12.7 Å². The van der Waals surface area contributed by atoms with Gasteiger partial charge in [-0.1, -0.05) is 37.9 Å². The number of esters is 2. The van der Waals surface area contributed by atoms with Crippen molar-refractivity contribution in [3.05, 3.63) is 10.6 Å². The number of aliphatic hydroxyl groups is 1. The number of hydrogen-bond acceptors (Lipinski definition) is 10. The number of aliphatic hydroxyl groups excluding tert-OH is 1. The molecule has 0 aromatic heterocycles. The molecule has 3 fully saturated rings. The Morgan fingerprint density at radius 2 is 1.97 bits per heavy atom. The van der Waals surface area contributed by atoms with Crippen LogP contribution in [0.3, 0.4) is 0 Å². The number of carbonyl (C=O) groups is 3. The molecule has 0 aromatic rings. The van der Waals surface area contributed by atoms with E-state index in [9.17, 15) is 19.5 Å². The number of nitrogens with zero attached hydrogens (tertiary/aromatic N) is 3. The largest absolute Gasteiger partial charge is 0.428 e. The van der Waals surface area contributed by atoms with E-state index in [1.54, 1.807) is 30.4 Å². The average Bonchev–Trinajstić information content (AvgIpc) is 3.41. The standard InChI is InChI=1S/C24H33N3O6S2/c1-13-18-17(14(2)28)21(29)27(18)19(20(13)35-16-10-26(11-16)24-25-8-9-34-24)23(31)33-12-32-22(30)15-6-4-3-5-7-15/h13-18,28H,3-12H2,1-2H3/t13-,14-,17-,18-/m1/s1. The average molecular weight is 524 g/mol. The number of likely N-dealkylation sites (tertiary alicyclic amines) is 1. The molecule has 5 rings (SSSR count). The van der Waals surface area contributed by atoms with E-state index < -0.39 is 24.8 Å². The predicted octanol–water partition coefficient (Wildman–Crippen LogP) is 2.20. The molecule has 1 saturated carbocycles. The van der Waals surface area contributed by atoms with Crippen LogP contribution in [0.5, 0.6) is 0 Å². The maximum atomic E-state index is 13.2. The fourth-order valence-corrected chi connectivity index (χ4v) is 8.09. The Kier molecular flexibility index (Phi) is 7.37. The lowest BCUT2D eigenvalue weighted by molar-refractivity contribution is -0.174. The van der Waals surface area contributed by atoms with Crippen LogP contribution in [-0.2, 0) is 23.9 Å². The van der Waals surface area contributed by atoms with Gasteiger partial charge in [-0.25, -0.2) is 4.79 Å². The predicted molar refractivity (Wildman–Crippen MR) is 133 cm³/mol. The second-order valence-electron chi connectivity index (χ2n) is 9.97. The Balaban J connectivity index is 1.25. The molecule has 0 spiro atoms. The van der Waals surface area contributed by atoms with Crippen LogP contribution in [0.1, 0.15) is 46.0 Å². The van der Waals surface area contributed by atoms with Gasteiger partial charge < -0.3 is 24.4 Å². The first kappa shape index (κ1) is 25.0. The zero-order valence-corrected chi connectivity index (χ0v) is 21.8. The van der Waals surface area contributed by atoms with Crippen LogP contribution in [-0.4, -0.2) is 87.5 Å². The summed E-state index contributed by atoms with van der Waals surface area (Å²) in [4.78, 5) is 47.4. The highest BCUT2D eigenvalue weighted by Gasteiger charge is 2.60. The smallest absolute Gasteiger partial charge is 0.358 e. The van der Waals surface area contributed by atoms with Crippen LogP contribution in [0.15, 0.2) is 15.6 Å². The molecule has 1 N–H and O–H groups in total. The normalized spacial score (nSPS) is 30.0. The van der Waals surface area contributed by atoms with Gasteiger partial charge in [-0.2, -0.15) is 0 Å². The summed E-state index contributed by atoms with van der Waals surface area (Å²) in [6.07, 6.45) is 3.99. The number of hydrogen-bond donors (Lipinski definition) is 1. The minimum absolute atomic E-state index is 0.0862. The monoisotopic (exact) mass is 523 g/mol. The Bertz CT molecular complexity index is 942. The van der Waals surface area contributed by atoms with E-state index in [2.05, 4.69) is 9.89 Å². The maximum absolute atomic E-state index is 13.2. The first-order valence-electron chi connectivity index (χ1n) is 12.5. The van der Waals surface area contributed by atoms with Crippen molar-refractivity contribution in [2.24, 2.45) is 22.7 Å². The molecule has 0 bridgehead atoms. The molecule has 192 valence electrons. The van der Waals surface area contributed by atoms with Crippen LogP contribution < -0.4 is 0 Å². The van der Waals surface area contributed by atoms with Crippen LogP contribution in [0, 0.1) is 17.8 Å². The number of thioether (sulfide) groups is 2. The number of rotatable bonds is 7. The highest BCUT2D eigenvalue weighted by Crippen LogP contribution is 2.52. The van der Waals surface area contributed by atoms with E-state index in [4.69, 9.17) is 9.47 Å². The number of fused-ring (bicyclic) bond motifs is 1. The Morgan fingerprint density at radius 3 is 2.63 bits per heavy atom. The molecule has 5 aliphatic rings. The molecule has 4 atom stereocenters. The topological polar surface area (TPSA) is 109 Å². The molecular formula is C24H33N3O6S2. The highest BCUT2D eigenvalue weighted by molar-refractivity contribution is 8.14. The molecule has 0 aromatic carbocycles. The number of carbonyl (C=O) groups excluding carboxylic acids is 3. The molecule has 1 amide bonds. The van der Waals surface area contributed by atoms with Crippen molar-refractivity contribution in [1.29, 1.82) is 0 Å². The molecule has 0 unspecified atom stereocenters. The van der Waals surface area contributed by atoms with Gasteiger partial charge in [0.05, 0.1) is 30.5 Å². The molecule has 4 aliphatic heterocycles. The van der Waals surface area contributed by atoms with Crippen molar-refractivity contribution < 1.29 is 29.0 Å². The molecular weight excluding hydrogens is 490 g/mol. The molecule has 0 radical (unpaired) electrons. The summed E-state index contributed by atoms with van der Waals surface area (Å²) in [5.41, 5.74) is 0.245. The Hall–Kier alpha value is -1.72. The van der Waals surface area contributed by atoms with E-state index in [0.717, 1.165) is 67.6 Å². The van der Waals surface area contributed by atoms with Gasteiger partial charge in [-0.15, -0.1) is 11.8 Å². The van der Waals surface area contributed by atoms with Gasteiger partial charge in [0.25, 0.3) is 0 Å². The lowest BCUT2D eigenvalue weighted by atomic mass is 9.79. The van der Waals surface area contributed by atoms with Gasteiger partial charge >= 0.3 is 11.9 Å². The molecule has 9 nitrogen and oxygen atoms in total. The van der Waals surface area contributed by atoms with Crippen molar-refractivity contribution in [2.45, 2.75) is 63.3 Å². The molecule has 11 heteroatoms. The fourth-order valence-electron chi connectivity index (χ4n) is 5.70. The molecule has 4 heterocycles. The minimum atomic E-state index is -0.791. The lowest BCUT2D eigenvalue weighted by Gasteiger charge is -2.46. The summed E-state index contributed by atoms with van der Waals surface area (Å²) in [7, 11) is 0. The van der Waals surface area contributed by atoms with Gasteiger partial charge in [-0.3, -0.25) is 14.6 Å². The molecule has 2 saturated heterocycles. The third-order valence-corrected chi connectivity index (χ3v) is 10.1. The maximum Gasteiger partial charge on any atom is 0.358 e. The second-order valence-corrected chi connectivity index (χ2v) is 12.4. The van der Waals surface area contributed by atoms with Crippen molar-refractivity contribution in [1.82, 2.24) is 9.80 Å². The van der Waals surface area contributed by atoms with Crippen LogP contribution in [0.2, 0.25) is 0 Å².